The van der Waals surface area contributed by atoms with Crippen molar-refractivity contribution in [3.8, 4) is 5.75 Å². The molecule has 0 spiro atoms. The summed E-state index contributed by atoms with van der Waals surface area (Å²) in [5.74, 6) is -0.250. The van der Waals surface area contributed by atoms with Crippen LogP contribution in [0.1, 0.15) is 24.3 Å². The summed E-state index contributed by atoms with van der Waals surface area (Å²) in [4.78, 5) is 32.5. The van der Waals surface area contributed by atoms with Gasteiger partial charge in [0, 0.05) is 31.8 Å². The van der Waals surface area contributed by atoms with Gasteiger partial charge in [-0.05, 0) is 39.7 Å². The molecule has 0 amide bonds. The third-order valence-electron chi connectivity index (χ3n) is 6.39. The molecule has 2 aromatic carbocycles. The summed E-state index contributed by atoms with van der Waals surface area (Å²) in [5, 5.41) is 1.18. The predicted octanol–water partition coefficient (Wildman–Crippen LogP) is 4.92. The molecule has 4 aromatic rings. The molecule has 1 aliphatic rings. The number of furan rings is 1. The van der Waals surface area contributed by atoms with Crippen molar-refractivity contribution in [1.29, 1.82) is 0 Å². The van der Waals surface area contributed by atoms with E-state index >= 15 is 0 Å². The second kappa shape index (κ2) is 10.9. The minimum absolute atomic E-state index is 0.0612. The summed E-state index contributed by atoms with van der Waals surface area (Å²) in [6.45, 7) is 1.30. The number of halogens is 4. The van der Waals surface area contributed by atoms with Crippen LogP contribution in [0, 0.1) is 0 Å². The first-order valence-corrected chi connectivity index (χ1v) is 13.9. The number of carbonyl (C=O) groups is 1. The number of hydrogen-bond acceptors (Lipinski definition) is 8. The van der Waals surface area contributed by atoms with Crippen molar-refractivity contribution in [3.05, 3.63) is 89.2 Å². The van der Waals surface area contributed by atoms with E-state index in [0.29, 0.717) is 26.9 Å². The maximum Gasteiger partial charge on any atom is 0.434 e. The highest BCUT2D eigenvalue weighted by Crippen LogP contribution is 2.43. The smallest absolute Gasteiger partial charge is 0.434 e. The fourth-order valence-electron chi connectivity index (χ4n) is 4.73. The summed E-state index contributed by atoms with van der Waals surface area (Å²) >= 11 is 4.16. The number of nitrogens with zero attached hydrogens (tertiary/aromatic N) is 3. The Balaban J connectivity index is 1.90. The molecule has 0 saturated heterocycles. The molecule has 1 atom stereocenters. The van der Waals surface area contributed by atoms with Gasteiger partial charge in [0.2, 0.25) is 5.88 Å². The zero-order chi connectivity index (χ0) is 29.6. The molecular formula is C28H23BrF3N3O5S. The van der Waals surface area contributed by atoms with E-state index in [1.54, 1.807) is 61.5 Å². The monoisotopic (exact) mass is 649 g/mol. The molecule has 0 unspecified atom stereocenters. The lowest BCUT2D eigenvalue weighted by Gasteiger charge is -2.28. The molecule has 0 fully saturated rings. The number of anilines is 1. The fourth-order valence-corrected chi connectivity index (χ4v) is 6.37. The third-order valence-corrected chi connectivity index (χ3v) is 7.94. The van der Waals surface area contributed by atoms with Crippen LogP contribution in [0.4, 0.5) is 19.1 Å². The first-order chi connectivity index (χ1) is 19.5. The minimum atomic E-state index is -5.03. The normalized spacial score (nSPS) is 15.6. The number of rotatable bonds is 6. The molecule has 2 aromatic heterocycles. The van der Waals surface area contributed by atoms with Crippen molar-refractivity contribution in [2.45, 2.75) is 19.1 Å². The van der Waals surface area contributed by atoms with Gasteiger partial charge < -0.3 is 18.8 Å². The lowest BCUT2D eigenvalue weighted by atomic mass is 9.90. The molecule has 1 aliphatic heterocycles. The Morgan fingerprint density at radius 3 is 2.61 bits per heavy atom. The number of hydrogen-bond donors (Lipinski definition) is 0. The van der Waals surface area contributed by atoms with Crippen LogP contribution in [0.3, 0.4) is 0 Å². The molecule has 13 heteroatoms. The summed E-state index contributed by atoms with van der Waals surface area (Å²) in [7, 11) is 4.91. The average Bonchev–Trinajstić information content (AvgIpc) is 3.45. The quantitative estimate of drug-likeness (QED) is 0.276. The van der Waals surface area contributed by atoms with Gasteiger partial charge >= 0.3 is 12.1 Å². The van der Waals surface area contributed by atoms with Gasteiger partial charge in [-0.3, -0.25) is 9.36 Å². The number of ether oxygens (including phenoxy) is 2. The highest BCUT2D eigenvalue weighted by Gasteiger charge is 2.46. The Morgan fingerprint density at radius 1 is 1.24 bits per heavy atom. The number of thiazole rings is 1. The van der Waals surface area contributed by atoms with Gasteiger partial charge in [0.25, 0.3) is 5.56 Å². The van der Waals surface area contributed by atoms with E-state index in [1.807, 2.05) is 0 Å². The van der Waals surface area contributed by atoms with Crippen LogP contribution in [0.25, 0.3) is 16.8 Å². The van der Waals surface area contributed by atoms with Crippen molar-refractivity contribution >= 4 is 56.0 Å². The summed E-state index contributed by atoms with van der Waals surface area (Å²) in [6.07, 6.45) is -3.60. The van der Waals surface area contributed by atoms with Crippen LogP contribution in [-0.2, 0) is 9.53 Å². The molecule has 8 nitrogen and oxygen atoms in total. The molecule has 41 heavy (non-hydrogen) atoms. The van der Waals surface area contributed by atoms with Crippen LogP contribution >= 0.6 is 27.3 Å². The van der Waals surface area contributed by atoms with Crippen LogP contribution in [0.15, 0.2) is 72.4 Å². The Hall–Kier alpha value is -3.84. The molecule has 0 saturated carbocycles. The number of fused-ring (bicyclic) bond motifs is 2. The SMILES string of the molecule is CCOC(=O)C1=C(C(F)(F)F)N=c2s/c(=C/c3cc(Br)c(N(C)C)o3)c(=O)n2[C@H]1c1c(OC)ccc2ccccc12. The van der Waals surface area contributed by atoms with E-state index in [1.165, 1.54) is 20.1 Å². The first kappa shape index (κ1) is 28.7. The summed E-state index contributed by atoms with van der Waals surface area (Å²) in [6, 6.07) is 10.4. The first-order valence-electron chi connectivity index (χ1n) is 12.3. The number of alkyl halides is 3. The van der Waals surface area contributed by atoms with Gasteiger partial charge in [0.05, 0.1) is 28.3 Å². The van der Waals surface area contributed by atoms with Gasteiger partial charge in [-0.15, -0.1) is 0 Å². The number of carbonyl (C=O) groups excluding carboxylic acids is 1. The summed E-state index contributed by atoms with van der Waals surface area (Å²) in [5.41, 5.74) is -2.69. The van der Waals surface area contributed by atoms with E-state index in [2.05, 4.69) is 20.9 Å². The highest BCUT2D eigenvalue weighted by molar-refractivity contribution is 9.10. The fraction of sp³-hybridized carbons (Fsp3) is 0.250. The molecule has 0 bridgehead atoms. The second-order valence-electron chi connectivity index (χ2n) is 9.16. The van der Waals surface area contributed by atoms with Gasteiger partial charge in [-0.25, -0.2) is 9.79 Å². The largest absolute Gasteiger partial charge is 0.496 e. The Morgan fingerprint density at radius 2 is 1.98 bits per heavy atom. The van der Waals surface area contributed by atoms with Crippen molar-refractivity contribution < 1.29 is 31.9 Å². The third kappa shape index (κ3) is 5.08. The number of methoxy groups -OCH3 is 1. The maximum absolute atomic E-state index is 14.5. The number of allylic oxidation sites excluding steroid dienone is 1. The van der Waals surface area contributed by atoms with E-state index in [4.69, 9.17) is 13.9 Å². The van der Waals surface area contributed by atoms with Gasteiger partial charge in [0.1, 0.15) is 17.6 Å². The standard InChI is InChI=1S/C28H23BrF3N3O5S/c1-5-39-26(37)21-22(20-16-9-7-6-8-14(16)10-11-18(20)38-4)35-24(36)19(41-27(35)33-23(21)28(30,31)32)13-15-12-17(29)25(40-15)34(2)3/h6-13,22H,5H2,1-4H3/b19-13+/t22-/m0/s1. The van der Waals surface area contributed by atoms with Crippen LogP contribution < -0.4 is 24.5 Å². The summed E-state index contributed by atoms with van der Waals surface area (Å²) < 4.78 is 61.9. The Labute approximate surface area is 243 Å². The predicted molar refractivity (Wildman–Crippen MR) is 152 cm³/mol. The minimum Gasteiger partial charge on any atom is -0.496 e. The van der Waals surface area contributed by atoms with Gasteiger partial charge in [0.15, 0.2) is 10.5 Å². The lowest BCUT2D eigenvalue weighted by molar-refractivity contribution is -0.140. The number of aromatic nitrogens is 1. The topological polar surface area (TPSA) is 86.3 Å². The van der Waals surface area contributed by atoms with Crippen LogP contribution in [0.2, 0.25) is 0 Å². The molecular weight excluding hydrogens is 627 g/mol. The average molecular weight is 650 g/mol. The molecule has 0 N–H and O–H groups in total. The Bertz CT molecular complexity index is 1890. The van der Waals surface area contributed by atoms with Gasteiger partial charge in [-0.1, -0.05) is 41.7 Å². The second-order valence-corrected chi connectivity index (χ2v) is 11.0. The van der Waals surface area contributed by atoms with E-state index in [0.717, 1.165) is 15.9 Å². The molecule has 3 heterocycles. The molecule has 0 radical (unpaired) electrons. The lowest BCUT2D eigenvalue weighted by Crippen LogP contribution is -2.41. The van der Waals surface area contributed by atoms with Crippen molar-refractivity contribution in [2.75, 3.05) is 32.7 Å². The zero-order valence-corrected chi connectivity index (χ0v) is 24.6. The highest BCUT2D eigenvalue weighted by atomic mass is 79.9. The maximum atomic E-state index is 14.5. The van der Waals surface area contributed by atoms with E-state index < -0.39 is 35.0 Å². The van der Waals surface area contributed by atoms with Crippen LogP contribution in [-0.4, -0.2) is 44.5 Å². The molecule has 0 aliphatic carbocycles. The number of esters is 1. The van der Waals surface area contributed by atoms with E-state index in [9.17, 15) is 22.8 Å². The molecule has 214 valence electrons. The van der Waals surface area contributed by atoms with Crippen molar-refractivity contribution in [3.63, 3.8) is 0 Å². The number of benzene rings is 2. The van der Waals surface area contributed by atoms with Gasteiger partial charge in [-0.2, -0.15) is 13.2 Å². The molecule has 5 rings (SSSR count). The van der Waals surface area contributed by atoms with Crippen molar-refractivity contribution in [1.82, 2.24) is 4.57 Å². The van der Waals surface area contributed by atoms with E-state index in [-0.39, 0.29) is 27.3 Å². The van der Waals surface area contributed by atoms with Crippen molar-refractivity contribution in [2.24, 2.45) is 4.99 Å². The van der Waals surface area contributed by atoms with Crippen LogP contribution in [0.5, 0.6) is 5.75 Å². The zero-order valence-electron chi connectivity index (χ0n) is 22.2. The Kier molecular flexibility index (Phi) is 7.60.